The van der Waals surface area contributed by atoms with Crippen molar-refractivity contribution in [1.82, 2.24) is 0 Å². The molecule has 0 nitrogen and oxygen atoms in total. The van der Waals surface area contributed by atoms with Crippen LogP contribution in [0.3, 0.4) is 0 Å². The molecule has 0 N–H and O–H groups in total. The van der Waals surface area contributed by atoms with Crippen LogP contribution in [-0.2, 0) is 0 Å². The van der Waals surface area contributed by atoms with Crippen molar-refractivity contribution in [3.8, 4) is 0 Å². The van der Waals surface area contributed by atoms with Gasteiger partial charge in [-0.15, -0.1) is 0 Å². The van der Waals surface area contributed by atoms with Crippen molar-refractivity contribution in [3.63, 3.8) is 0 Å². The number of rotatable bonds is 1. The topological polar surface area (TPSA) is 0 Å². The van der Waals surface area contributed by atoms with Crippen LogP contribution < -0.4 is 0 Å². The molecule has 1 aromatic rings. The zero-order chi connectivity index (χ0) is 14.1. The van der Waals surface area contributed by atoms with Gasteiger partial charge in [-0.05, 0) is 36.1 Å². The van der Waals surface area contributed by atoms with Crippen LogP contribution in [0.1, 0.15) is 77.1 Å². The largest absolute Gasteiger partial charge is 0.0870 e. The first-order chi connectivity index (χ1) is 8.74. The highest BCUT2D eigenvalue weighted by atomic mass is 14.2. The predicted octanol–water partition coefficient (Wildman–Crippen LogP) is 6.85. The number of benzene rings is 1. The molecule has 0 aromatic heterocycles. The number of hydrogen-bond acceptors (Lipinski definition) is 0. The molecule has 19 heavy (non-hydrogen) atoms. The lowest BCUT2D eigenvalue weighted by molar-refractivity contribution is 0.982. The minimum absolute atomic E-state index is 0. The van der Waals surface area contributed by atoms with Crippen LogP contribution in [0.15, 0.2) is 24.3 Å². The normalized spacial score (nSPS) is 14.8. The number of fused-ring (bicyclic) bond motifs is 1. The number of allylic oxidation sites excluding steroid dienone is 2. The average Bonchev–Trinajstić information content (AvgIpc) is 2.80. The van der Waals surface area contributed by atoms with Crippen LogP contribution in [0.5, 0.6) is 0 Å². The van der Waals surface area contributed by atoms with E-state index >= 15 is 0 Å². The fourth-order valence-electron chi connectivity index (χ4n) is 2.15. The molecule has 0 amide bonds. The SMILES string of the molecule is C.C/C=C\c1c(C)ccc2c1C(C)C=C2.CC.CC. The Kier molecular flexibility index (Phi) is 11.2. The van der Waals surface area contributed by atoms with Gasteiger partial charge in [0.05, 0.1) is 0 Å². The van der Waals surface area contributed by atoms with Gasteiger partial charge in [-0.2, -0.15) is 0 Å². The number of hydrogen-bond donors (Lipinski definition) is 0. The van der Waals surface area contributed by atoms with Gasteiger partial charge >= 0.3 is 0 Å². The van der Waals surface area contributed by atoms with E-state index < -0.39 is 0 Å². The molecule has 0 radical (unpaired) electrons. The van der Waals surface area contributed by atoms with E-state index in [9.17, 15) is 0 Å². The summed E-state index contributed by atoms with van der Waals surface area (Å²) in [5.74, 6) is 0.566. The van der Waals surface area contributed by atoms with E-state index in [-0.39, 0.29) is 7.43 Å². The van der Waals surface area contributed by atoms with E-state index in [4.69, 9.17) is 0 Å². The van der Waals surface area contributed by atoms with Crippen LogP contribution in [0.4, 0.5) is 0 Å². The summed E-state index contributed by atoms with van der Waals surface area (Å²) in [4.78, 5) is 0. The summed E-state index contributed by atoms with van der Waals surface area (Å²) in [7, 11) is 0. The minimum atomic E-state index is 0. The minimum Gasteiger partial charge on any atom is -0.0870 e. The molecule has 1 aliphatic carbocycles. The quantitative estimate of drug-likeness (QED) is 0.518. The van der Waals surface area contributed by atoms with E-state index in [1.807, 2.05) is 27.7 Å². The first kappa shape index (κ1) is 20.0. The highest BCUT2D eigenvalue weighted by Crippen LogP contribution is 2.34. The Morgan fingerprint density at radius 1 is 1.05 bits per heavy atom. The molecule has 0 saturated carbocycles. The van der Waals surface area contributed by atoms with Crippen molar-refractivity contribution in [2.45, 2.75) is 61.8 Å². The molecule has 0 saturated heterocycles. The van der Waals surface area contributed by atoms with Crippen LogP contribution in [0.2, 0.25) is 0 Å². The lowest BCUT2D eigenvalue weighted by atomic mass is 9.92. The molecular formula is C19H32. The Morgan fingerprint density at radius 2 is 1.63 bits per heavy atom. The Morgan fingerprint density at radius 3 is 2.16 bits per heavy atom. The van der Waals surface area contributed by atoms with E-state index in [0.29, 0.717) is 5.92 Å². The summed E-state index contributed by atoms with van der Waals surface area (Å²) in [6, 6.07) is 4.42. The molecular weight excluding hydrogens is 228 g/mol. The maximum absolute atomic E-state index is 2.27. The van der Waals surface area contributed by atoms with Crippen LogP contribution >= 0.6 is 0 Å². The highest BCUT2D eigenvalue weighted by Gasteiger charge is 2.16. The Hall–Kier alpha value is -1.30. The summed E-state index contributed by atoms with van der Waals surface area (Å²) >= 11 is 0. The fourth-order valence-corrected chi connectivity index (χ4v) is 2.15. The third-order valence-corrected chi connectivity index (χ3v) is 2.89. The number of aryl methyl sites for hydroxylation is 1. The van der Waals surface area contributed by atoms with Crippen molar-refractivity contribution in [1.29, 1.82) is 0 Å². The third kappa shape index (κ3) is 4.70. The predicted molar refractivity (Wildman–Crippen MR) is 92.8 cm³/mol. The van der Waals surface area contributed by atoms with Gasteiger partial charge in [0.2, 0.25) is 0 Å². The van der Waals surface area contributed by atoms with Crippen molar-refractivity contribution in [2.24, 2.45) is 0 Å². The van der Waals surface area contributed by atoms with Crippen molar-refractivity contribution in [3.05, 3.63) is 46.5 Å². The van der Waals surface area contributed by atoms with Crippen molar-refractivity contribution < 1.29 is 0 Å². The van der Waals surface area contributed by atoms with Crippen LogP contribution in [0, 0.1) is 6.92 Å². The summed E-state index contributed by atoms with van der Waals surface area (Å²) in [6.45, 7) is 14.5. The van der Waals surface area contributed by atoms with E-state index in [0.717, 1.165) is 0 Å². The maximum Gasteiger partial charge on any atom is 0.000487 e. The second-order valence-corrected chi connectivity index (χ2v) is 3.95. The van der Waals surface area contributed by atoms with Crippen molar-refractivity contribution in [2.75, 3.05) is 0 Å². The van der Waals surface area contributed by atoms with Crippen LogP contribution in [0.25, 0.3) is 12.2 Å². The van der Waals surface area contributed by atoms with Gasteiger partial charge in [0.15, 0.2) is 0 Å². The Labute approximate surface area is 121 Å². The van der Waals surface area contributed by atoms with E-state index in [1.165, 1.54) is 22.3 Å². The summed E-state index contributed by atoms with van der Waals surface area (Å²) < 4.78 is 0. The molecule has 0 bridgehead atoms. The standard InChI is InChI=1S/C14H16.2C2H6.CH4/c1-4-5-13-10(2)6-8-12-9-7-11(3)14(12)13;2*1-2;/h4-9,11H,1-3H3;2*1-2H3;1H4/b5-4-;;;. The zero-order valence-corrected chi connectivity index (χ0v) is 13.0. The van der Waals surface area contributed by atoms with Crippen molar-refractivity contribution >= 4 is 12.2 Å². The van der Waals surface area contributed by atoms with E-state index in [2.05, 4.69) is 57.2 Å². The summed E-state index contributed by atoms with van der Waals surface area (Å²) in [5.41, 5.74) is 5.65. The third-order valence-electron chi connectivity index (χ3n) is 2.89. The second-order valence-electron chi connectivity index (χ2n) is 3.95. The van der Waals surface area contributed by atoms with Gasteiger partial charge in [0.25, 0.3) is 0 Å². The maximum atomic E-state index is 2.27. The lowest BCUT2D eigenvalue weighted by Gasteiger charge is -2.12. The molecule has 0 spiro atoms. The molecule has 0 heteroatoms. The first-order valence-corrected chi connectivity index (χ1v) is 7.18. The van der Waals surface area contributed by atoms with Gasteiger partial charge < -0.3 is 0 Å². The smallest absolute Gasteiger partial charge is 0.000487 e. The fraction of sp³-hybridized carbons (Fsp3) is 0.474. The molecule has 0 fully saturated rings. The Balaban J connectivity index is 0. The molecule has 1 aromatic carbocycles. The molecule has 108 valence electrons. The monoisotopic (exact) mass is 260 g/mol. The molecule has 2 rings (SSSR count). The summed E-state index contributed by atoms with van der Waals surface area (Å²) in [5, 5.41) is 0. The van der Waals surface area contributed by atoms with Gasteiger partial charge in [0, 0.05) is 5.92 Å². The van der Waals surface area contributed by atoms with Gasteiger partial charge in [-0.25, -0.2) is 0 Å². The molecule has 1 aliphatic rings. The summed E-state index contributed by atoms with van der Waals surface area (Å²) in [6.07, 6.45) is 8.84. The second kappa shape index (κ2) is 10.6. The molecule has 0 aliphatic heterocycles. The average molecular weight is 260 g/mol. The molecule has 1 unspecified atom stereocenters. The van der Waals surface area contributed by atoms with Gasteiger partial charge in [-0.3, -0.25) is 0 Å². The first-order valence-electron chi connectivity index (χ1n) is 7.18. The van der Waals surface area contributed by atoms with Gasteiger partial charge in [0.1, 0.15) is 0 Å². The Bertz CT molecular complexity index is 408. The lowest BCUT2D eigenvalue weighted by Crippen LogP contribution is -1.94. The zero-order valence-electron chi connectivity index (χ0n) is 13.0. The van der Waals surface area contributed by atoms with E-state index in [1.54, 1.807) is 0 Å². The molecule has 0 heterocycles. The van der Waals surface area contributed by atoms with Gasteiger partial charge in [-0.1, -0.05) is 78.5 Å². The van der Waals surface area contributed by atoms with Crippen LogP contribution in [-0.4, -0.2) is 0 Å². The highest BCUT2D eigenvalue weighted by molar-refractivity contribution is 5.71. The molecule has 1 atom stereocenters.